The highest BCUT2D eigenvalue weighted by atomic mass is 16.5. The van der Waals surface area contributed by atoms with Crippen LogP contribution in [0.25, 0.3) is 0 Å². The molecule has 0 saturated heterocycles. The molecule has 0 heterocycles. The van der Waals surface area contributed by atoms with E-state index in [1.165, 1.54) is 5.56 Å². The van der Waals surface area contributed by atoms with Gasteiger partial charge in [-0.05, 0) is 37.8 Å². The van der Waals surface area contributed by atoms with Gasteiger partial charge in [0.05, 0.1) is 12.2 Å². The predicted octanol–water partition coefficient (Wildman–Crippen LogP) is 3.88. The van der Waals surface area contributed by atoms with Gasteiger partial charge in [-0.3, -0.25) is 0 Å². The van der Waals surface area contributed by atoms with Gasteiger partial charge in [-0.1, -0.05) is 44.5 Å². The number of hydrogen-bond acceptors (Lipinski definition) is 2. The van der Waals surface area contributed by atoms with Crippen molar-refractivity contribution in [3.8, 4) is 0 Å². The van der Waals surface area contributed by atoms with Crippen LogP contribution in [0.15, 0.2) is 24.3 Å². The summed E-state index contributed by atoms with van der Waals surface area (Å²) in [5.74, 6) is 0. The number of aliphatic hydroxyl groups excluding tert-OH is 1. The second-order valence-corrected chi connectivity index (χ2v) is 5.43. The summed E-state index contributed by atoms with van der Waals surface area (Å²) in [6.07, 6.45) is 2.65. The normalized spacial score (nSPS) is 13.6. The highest BCUT2D eigenvalue weighted by molar-refractivity contribution is 5.24. The first-order valence-electron chi connectivity index (χ1n) is 6.89. The lowest BCUT2D eigenvalue weighted by Crippen LogP contribution is -2.25. The number of hydrogen-bond donors (Lipinski definition) is 1. The van der Waals surface area contributed by atoms with Crippen molar-refractivity contribution in [2.24, 2.45) is 0 Å². The van der Waals surface area contributed by atoms with Crippen molar-refractivity contribution in [3.63, 3.8) is 0 Å². The molecule has 0 aliphatic carbocycles. The van der Waals surface area contributed by atoms with Crippen molar-refractivity contribution in [3.05, 3.63) is 35.4 Å². The van der Waals surface area contributed by atoms with E-state index in [9.17, 15) is 5.11 Å². The molecular weight excluding hydrogens is 224 g/mol. The minimum atomic E-state index is -0.536. The summed E-state index contributed by atoms with van der Waals surface area (Å²) < 4.78 is 5.72. The monoisotopic (exact) mass is 250 g/mol. The van der Waals surface area contributed by atoms with Crippen LogP contribution in [0.4, 0.5) is 0 Å². The van der Waals surface area contributed by atoms with Crippen LogP contribution in [0.3, 0.4) is 0 Å². The maximum Gasteiger partial charge on any atom is 0.102 e. The number of benzene rings is 1. The Morgan fingerprint density at radius 2 is 1.78 bits per heavy atom. The van der Waals surface area contributed by atoms with Gasteiger partial charge >= 0.3 is 0 Å². The molecule has 0 spiro atoms. The standard InChI is InChI=1S/C16H26O2/c1-5-7-13-8-10-14(11-9-13)15(17)12-18-16(3,4)6-2/h8-11,15,17H,5-7,12H2,1-4H3. The summed E-state index contributed by atoms with van der Waals surface area (Å²) in [5, 5.41) is 10.1. The Hall–Kier alpha value is -0.860. The van der Waals surface area contributed by atoms with E-state index in [0.717, 1.165) is 24.8 Å². The number of aliphatic hydroxyl groups is 1. The van der Waals surface area contributed by atoms with Crippen LogP contribution in [-0.2, 0) is 11.2 Å². The molecule has 1 aromatic carbocycles. The van der Waals surface area contributed by atoms with Gasteiger partial charge in [-0.2, -0.15) is 0 Å². The fourth-order valence-corrected chi connectivity index (χ4v) is 1.70. The molecule has 0 aliphatic heterocycles. The van der Waals surface area contributed by atoms with E-state index in [1.54, 1.807) is 0 Å². The van der Waals surface area contributed by atoms with Crippen molar-refractivity contribution in [2.45, 2.75) is 58.7 Å². The van der Waals surface area contributed by atoms with E-state index in [1.807, 2.05) is 26.0 Å². The molecule has 2 heteroatoms. The quantitative estimate of drug-likeness (QED) is 0.796. The first-order valence-corrected chi connectivity index (χ1v) is 6.89. The van der Waals surface area contributed by atoms with E-state index in [-0.39, 0.29) is 5.60 Å². The molecule has 1 rings (SSSR count). The largest absolute Gasteiger partial charge is 0.386 e. The third-order valence-corrected chi connectivity index (χ3v) is 3.39. The number of rotatable bonds is 7. The fourth-order valence-electron chi connectivity index (χ4n) is 1.70. The highest BCUT2D eigenvalue weighted by Crippen LogP contribution is 2.20. The number of ether oxygens (including phenoxy) is 1. The van der Waals surface area contributed by atoms with Crippen LogP contribution in [0.1, 0.15) is 57.8 Å². The molecular formula is C16H26O2. The van der Waals surface area contributed by atoms with E-state index < -0.39 is 6.10 Å². The van der Waals surface area contributed by atoms with Crippen molar-refractivity contribution < 1.29 is 9.84 Å². The van der Waals surface area contributed by atoms with Gasteiger partial charge in [-0.25, -0.2) is 0 Å². The Labute approximate surface area is 111 Å². The molecule has 0 radical (unpaired) electrons. The van der Waals surface area contributed by atoms with Crippen molar-refractivity contribution >= 4 is 0 Å². The summed E-state index contributed by atoms with van der Waals surface area (Å²) in [6, 6.07) is 8.18. The van der Waals surface area contributed by atoms with E-state index in [0.29, 0.717) is 6.61 Å². The third kappa shape index (κ3) is 4.79. The second kappa shape index (κ2) is 6.91. The van der Waals surface area contributed by atoms with Crippen LogP contribution >= 0.6 is 0 Å². The summed E-state index contributed by atoms with van der Waals surface area (Å²) in [6.45, 7) is 8.71. The zero-order valence-electron chi connectivity index (χ0n) is 12.1. The van der Waals surface area contributed by atoms with Gasteiger partial charge < -0.3 is 9.84 Å². The molecule has 1 unspecified atom stereocenters. The zero-order chi connectivity index (χ0) is 13.6. The summed E-state index contributed by atoms with van der Waals surface area (Å²) in [7, 11) is 0. The highest BCUT2D eigenvalue weighted by Gasteiger charge is 2.18. The van der Waals surface area contributed by atoms with Gasteiger partial charge in [0.15, 0.2) is 0 Å². The second-order valence-electron chi connectivity index (χ2n) is 5.43. The topological polar surface area (TPSA) is 29.5 Å². The SMILES string of the molecule is CCCc1ccc(C(O)COC(C)(C)CC)cc1. The maximum atomic E-state index is 10.1. The van der Waals surface area contributed by atoms with Crippen LogP contribution in [0.2, 0.25) is 0 Å². The molecule has 0 aliphatic rings. The average Bonchev–Trinajstić information content (AvgIpc) is 2.37. The van der Waals surface area contributed by atoms with E-state index in [4.69, 9.17) is 4.74 Å². The summed E-state index contributed by atoms with van der Waals surface area (Å²) >= 11 is 0. The van der Waals surface area contributed by atoms with Crippen LogP contribution in [-0.4, -0.2) is 17.3 Å². The Morgan fingerprint density at radius 3 is 2.28 bits per heavy atom. The van der Waals surface area contributed by atoms with Crippen molar-refractivity contribution in [1.82, 2.24) is 0 Å². The molecule has 1 N–H and O–H groups in total. The van der Waals surface area contributed by atoms with Crippen LogP contribution in [0, 0.1) is 0 Å². The molecule has 1 aromatic rings. The molecule has 0 saturated carbocycles. The third-order valence-electron chi connectivity index (χ3n) is 3.39. The molecule has 2 nitrogen and oxygen atoms in total. The summed E-state index contributed by atoms with van der Waals surface area (Å²) in [4.78, 5) is 0. The van der Waals surface area contributed by atoms with Crippen LogP contribution in [0.5, 0.6) is 0 Å². The van der Waals surface area contributed by atoms with Crippen molar-refractivity contribution in [2.75, 3.05) is 6.61 Å². The lowest BCUT2D eigenvalue weighted by atomic mass is 10.0. The molecule has 0 fully saturated rings. The van der Waals surface area contributed by atoms with Gasteiger partial charge in [0.1, 0.15) is 6.10 Å². The molecule has 0 amide bonds. The maximum absolute atomic E-state index is 10.1. The van der Waals surface area contributed by atoms with Gasteiger partial charge in [0, 0.05) is 0 Å². The summed E-state index contributed by atoms with van der Waals surface area (Å²) in [5.41, 5.74) is 2.09. The minimum absolute atomic E-state index is 0.164. The van der Waals surface area contributed by atoms with Gasteiger partial charge in [0.25, 0.3) is 0 Å². The van der Waals surface area contributed by atoms with E-state index >= 15 is 0 Å². The van der Waals surface area contributed by atoms with Gasteiger partial charge in [-0.15, -0.1) is 0 Å². The average molecular weight is 250 g/mol. The Kier molecular flexibility index (Phi) is 5.83. The smallest absolute Gasteiger partial charge is 0.102 e. The zero-order valence-corrected chi connectivity index (χ0v) is 12.1. The Bertz CT molecular complexity index is 341. The van der Waals surface area contributed by atoms with Gasteiger partial charge in [0.2, 0.25) is 0 Å². The molecule has 1 atom stereocenters. The molecule has 0 aromatic heterocycles. The Morgan fingerprint density at radius 1 is 1.17 bits per heavy atom. The molecule has 0 bridgehead atoms. The molecule has 102 valence electrons. The van der Waals surface area contributed by atoms with Crippen molar-refractivity contribution in [1.29, 1.82) is 0 Å². The van der Waals surface area contributed by atoms with Crippen LogP contribution < -0.4 is 0 Å². The first-order chi connectivity index (χ1) is 8.48. The number of aryl methyl sites for hydroxylation is 1. The fraction of sp³-hybridized carbons (Fsp3) is 0.625. The van der Waals surface area contributed by atoms with E-state index in [2.05, 4.69) is 26.0 Å². The first kappa shape index (κ1) is 15.2. The minimum Gasteiger partial charge on any atom is -0.386 e. The Balaban J connectivity index is 2.53. The predicted molar refractivity (Wildman–Crippen MR) is 75.7 cm³/mol. The lowest BCUT2D eigenvalue weighted by molar-refractivity contribution is -0.0618. The lowest BCUT2D eigenvalue weighted by Gasteiger charge is -2.25. The molecule has 18 heavy (non-hydrogen) atoms.